The third-order valence-electron chi connectivity index (χ3n) is 1.06. The summed E-state index contributed by atoms with van der Waals surface area (Å²) in [6.07, 6.45) is 2.08. The fourth-order valence-electron chi connectivity index (χ4n) is 0.535. The minimum absolute atomic E-state index is 0. The quantitative estimate of drug-likeness (QED) is 0.276. The highest BCUT2D eigenvalue weighted by Crippen LogP contribution is 1.85. The van der Waals surface area contributed by atoms with Gasteiger partial charge in [-0.1, -0.05) is 13.3 Å². The third-order valence-corrected chi connectivity index (χ3v) is 1.06. The van der Waals surface area contributed by atoms with E-state index in [1.54, 1.807) is 0 Å². The molecule has 0 amide bonds. The van der Waals surface area contributed by atoms with Crippen molar-refractivity contribution in [2.45, 2.75) is 19.8 Å². The number of hydrogen-bond donors (Lipinski definition) is 5. The van der Waals surface area contributed by atoms with Gasteiger partial charge in [0.05, 0.1) is 11.9 Å². The van der Waals surface area contributed by atoms with Gasteiger partial charge >= 0.3 is 0 Å². The number of rotatable bonds is 3. The van der Waals surface area contributed by atoms with Gasteiger partial charge in [-0.05, 0) is 6.42 Å². The number of halogens is 2. The highest BCUT2D eigenvalue weighted by atomic mass is 35.5. The minimum atomic E-state index is -0.178. The molecule has 0 heterocycles. The van der Waals surface area contributed by atoms with Crippen molar-refractivity contribution in [2.75, 3.05) is 6.54 Å². The lowest BCUT2D eigenvalue weighted by atomic mass is 10.3. The van der Waals surface area contributed by atoms with Crippen molar-refractivity contribution in [2.24, 2.45) is 16.5 Å². The molecule has 0 aliphatic carbocycles. The van der Waals surface area contributed by atoms with Gasteiger partial charge in [0.2, 0.25) is 0 Å². The van der Waals surface area contributed by atoms with Crippen LogP contribution in [0, 0.1) is 5.41 Å². The van der Waals surface area contributed by atoms with Crippen molar-refractivity contribution in [3.05, 3.63) is 0 Å². The Morgan fingerprint density at radius 1 is 1.50 bits per heavy atom. The van der Waals surface area contributed by atoms with Gasteiger partial charge in [-0.3, -0.25) is 20.4 Å². The number of nitrogens with two attached hydrogens (primary N) is 2. The second kappa shape index (κ2) is 14.8. The largest absolute Gasteiger partial charge is 0.370 e. The standard InChI is InChI=1S/C6H15N5.ClHO.ClH/c1-2-3-4-10-6(9)11-5(7)8;1-2;/h2-4H2,1H3,(H6,7,8,9,10,11);2H;1H. The molecule has 0 rings (SSSR count). The maximum Gasteiger partial charge on any atom is 0.195 e. The van der Waals surface area contributed by atoms with Crippen LogP contribution in [0.25, 0.3) is 0 Å². The fraction of sp³-hybridized carbons (Fsp3) is 0.667. The molecular weight excluding hydrogens is 229 g/mol. The van der Waals surface area contributed by atoms with E-state index in [4.69, 9.17) is 21.5 Å². The van der Waals surface area contributed by atoms with Crippen LogP contribution in [0.2, 0.25) is 0 Å². The van der Waals surface area contributed by atoms with Gasteiger partial charge in [0, 0.05) is 6.54 Å². The molecule has 86 valence electrons. The predicted octanol–water partition coefficient (Wildman–Crippen LogP) is 0.139. The molecule has 0 saturated heterocycles. The Labute approximate surface area is 94.8 Å². The SMILES string of the molecule is CCCCN=C(N)NC(=N)N.Cl.OCl. The van der Waals surface area contributed by atoms with Gasteiger partial charge in [0.15, 0.2) is 11.9 Å². The first-order valence-corrected chi connectivity index (χ1v) is 4.08. The van der Waals surface area contributed by atoms with E-state index in [1.165, 1.54) is 0 Å². The van der Waals surface area contributed by atoms with Gasteiger partial charge in [0.1, 0.15) is 0 Å². The van der Waals surface area contributed by atoms with Gasteiger partial charge in [0.25, 0.3) is 0 Å². The molecule has 0 aromatic heterocycles. The van der Waals surface area contributed by atoms with E-state index in [1.807, 2.05) is 0 Å². The summed E-state index contributed by atoms with van der Waals surface area (Å²) in [6, 6.07) is 0. The number of nitrogens with one attached hydrogen (secondary N) is 2. The monoisotopic (exact) mass is 245 g/mol. The normalized spacial score (nSPS) is 9.21. The summed E-state index contributed by atoms with van der Waals surface area (Å²) >= 11 is 3.64. The lowest BCUT2D eigenvalue weighted by molar-refractivity contribution is 0.632. The minimum Gasteiger partial charge on any atom is -0.370 e. The Balaban J connectivity index is -0.000000376. The zero-order valence-electron chi connectivity index (χ0n) is 7.96. The van der Waals surface area contributed by atoms with Crippen LogP contribution in [0.5, 0.6) is 0 Å². The van der Waals surface area contributed by atoms with Crippen molar-refractivity contribution < 1.29 is 4.66 Å². The average molecular weight is 246 g/mol. The third kappa shape index (κ3) is 17.4. The van der Waals surface area contributed by atoms with Gasteiger partial charge in [-0.25, -0.2) is 0 Å². The lowest BCUT2D eigenvalue weighted by Crippen LogP contribution is -2.40. The first kappa shape index (κ1) is 18.9. The number of unbranched alkanes of at least 4 members (excludes halogenated alkanes) is 1. The summed E-state index contributed by atoms with van der Waals surface area (Å²) in [5.74, 6) is 0.0358. The molecule has 0 aromatic rings. The summed E-state index contributed by atoms with van der Waals surface area (Å²) in [4.78, 5) is 3.92. The number of nitrogens with zero attached hydrogens (tertiary/aromatic N) is 1. The number of guanidine groups is 2. The lowest BCUT2D eigenvalue weighted by Gasteiger charge is -2.00. The van der Waals surface area contributed by atoms with Gasteiger partial charge in [-0.2, -0.15) is 0 Å². The molecule has 14 heavy (non-hydrogen) atoms. The van der Waals surface area contributed by atoms with Crippen LogP contribution in [0.15, 0.2) is 4.99 Å². The van der Waals surface area contributed by atoms with Gasteiger partial charge in [-0.15, -0.1) is 12.4 Å². The Kier molecular flexibility index (Phi) is 20.0. The summed E-state index contributed by atoms with van der Waals surface area (Å²) in [5.41, 5.74) is 10.3. The Hall–Kier alpha value is -0.720. The molecule has 0 unspecified atom stereocenters. The average Bonchev–Trinajstić information content (AvgIpc) is 2.07. The van der Waals surface area contributed by atoms with Crippen LogP contribution in [-0.2, 0) is 0 Å². The van der Waals surface area contributed by atoms with Crippen molar-refractivity contribution in [3.8, 4) is 0 Å². The molecule has 7 N–H and O–H groups in total. The number of aliphatic imine (C=N–C) groups is 1. The molecule has 0 aromatic carbocycles. The van der Waals surface area contributed by atoms with E-state index >= 15 is 0 Å². The molecule has 0 saturated carbocycles. The maximum absolute atomic E-state index is 6.81. The molecule has 0 aliphatic heterocycles. The second-order valence-corrected chi connectivity index (χ2v) is 2.16. The van der Waals surface area contributed by atoms with Crippen LogP contribution in [0.3, 0.4) is 0 Å². The van der Waals surface area contributed by atoms with Gasteiger partial charge < -0.3 is 11.5 Å². The van der Waals surface area contributed by atoms with E-state index < -0.39 is 0 Å². The Bertz CT molecular complexity index is 164. The van der Waals surface area contributed by atoms with E-state index in [2.05, 4.69) is 29.1 Å². The van der Waals surface area contributed by atoms with E-state index in [0.29, 0.717) is 6.54 Å². The Morgan fingerprint density at radius 3 is 2.36 bits per heavy atom. The highest BCUT2D eigenvalue weighted by Gasteiger charge is 1.90. The number of hydrogen-bond acceptors (Lipinski definition) is 3. The van der Waals surface area contributed by atoms with E-state index in [0.717, 1.165) is 12.8 Å². The van der Waals surface area contributed by atoms with Crippen LogP contribution in [-0.4, -0.2) is 23.1 Å². The van der Waals surface area contributed by atoms with Crippen molar-refractivity contribution >= 4 is 36.2 Å². The van der Waals surface area contributed by atoms with Crippen LogP contribution in [0.4, 0.5) is 0 Å². The second-order valence-electron chi connectivity index (χ2n) is 2.16. The van der Waals surface area contributed by atoms with E-state index in [-0.39, 0.29) is 24.3 Å². The summed E-state index contributed by atoms with van der Waals surface area (Å²) in [6.45, 7) is 2.76. The van der Waals surface area contributed by atoms with E-state index in [9.17, 15) is 0 Å². The summed E-state index contributed by atoms with van der Waals surface area (Å²) < 4.78 is 6.47. The van der Waals surface area contributed by atoms with Crippen molar-refractivity contribution in [3.63, 3.8) is 0 Å². The zero-order chi connectivity index (χ0) is 10.7. The molecular formula is C6H17Cl2N5O. The predicted molar refractivity (Wildman–Crippen MR) is 61.8 cm³/mol. The first-order chi connectivity index (χ1) is 6.16. The van der Waals surface area contributed by atoms with Crippen LogP contribution < -0.4 is 16.8 Å². The molecule has 0 atom stereocenters. The highest BCUT2D eigenvalue weighted by molar-refractivity contribution is 6.04. The summed E-state index contributed by atoms with van der Waals surface area (Å²) in [5, 5.41) is 9.20. The van der Waals surface area contributed by atoms with Crippen molar-refractivity contribution in [1.82, 2.24) is 5.32 Å². The zero-order valence-corrected chi connectivity index (χ0v) is 9.53. The Morgan fingerprint density at radius 2 is 2.00 bits per heavy atom. The van der Waals surface area contributed by atoms with Crippen molar-refractivity contribution in [1.29, 1.82) is 5.41 Å². The molecule has 0 bridgehead atoms. The molecule has 0 spiro atoms. The smallest absolute Gasteiger partial charge is 0.195 e. The molecule has 0 aliphatic rings. The maximum atomic E-state index is 6.81. The first-order valence-electron chi connectivity index (χ1n) is 3.74. The fourth-order valence-corrected chi connectivity index (χ4v) is 0.535. The molecule has 6 nitrogen and oxygen atoms in total. The molecule has 8 heteroatoms. The molecule has 0 radical (unpaired) electrons. The topological polar surface area (TPSA) is 121 Å². The van der Waals surface area contributed by atoms with Crippen LogP contribution in [0.1, 0.15) is 19.8 Å². The molecule has 0 fully saturated rings. The summed E-state index contributed by atoms with van der Waals surface area (Å²) in [7, 11) is 0. The van der Waals surface area contributed by atoms with Crippen LogP contribution >= 0.6 is 24.3 Å².